The van der Waals surface area contributed by atoms with Crippen molar-refractivity contribution in [3.8, 4) is 0 Å². The van der Waals surface area contributed by atoms with Gasteiger partial charge in [-0.2, -0.15) is 0 Å². The van der Waals surface area contributed by atoms with E-state index >= 15 is 0 Å². The first-order valence-electron chi connectivity index (χ1n) is 7.14. The number of rotatable bonds is 10. The number of esters is 2. The number of hydrogen-bond donors (Lipinski definition) is 0. The van der Waals surface area contributed by atoms with Crippen LogP contribution >= 0.6 is 0 Å². The molecular formula is C17H18O7. The number of benzene rings is 1. The summed E-state index contributed by atoms with van der Waals surface area (Å²) >= 11 is 0. The van der Waals surface area contributed by atoms with Crippen molar-refractivity contribution >= 4 is 23.5 Å². The van der Waals surface area contributed by atoms with Crippen LogP contribution in [0.4, 0.5) is 0 Å². The Morgan fingerprint density at radius 1 is 0.875 bits per heavy atom. The maximum absolute atomic E-state index is 11.7. The van der Waals surface area contributed by atoms with Crippen LogP contribution in [-0.4, -0.2) is 49.9 Å². The van der Waals surface area contributed by atoms with E-state index in [1.165, 1.54) is 19.1 Å². The average molecular weight is 334 g/mol. The highest BCUT2D eigenvalue weighted by molar-refractivity contribution is 6.40. The molecule has 0 N–H and O–H groups in total. The molecule has 0 saturated heterocycles. The van der Waals surface area contributed by atoms with Gasteiger partial charge < -0.3 is 14.2 Å². The van der Waals surface area contributed by atoms with Crippen LogP contribution in [0.25, 0.3) is 0 Å². The highest BCUT2D eigenvalue weighted by Gasteiger charge is 2.17. The van der Waals surface area contributed by atoms with Crippen molar-refractivity contribution in [2.24, 2.45) is 0 Å². The summed E-state index contributed by atoms with van der Waals surface area (Å²) in [6.45, 7) is 4.57. The number of ether oxygens (including phenoxy) is 3. The summed E-state index contributed by atoms with van der Waals surface area (Å²) in [5, 5.41) is 0. The molecule has 1 aromatic rings. The van der Waals surface area contributed by atoms with Crippen LogP contribution in [0, 0.1) is 0 Å². The van der Waals surface area contributed by atoms with Gasteiger partial charge in [0.15, 0.2) is 0 Å². The van der Waals surface area contributed by atoms with Crippen LogP contribution < -0.4 is 0 Å². The van der Waals surface area contributed by atoms with Gasteiger partial charge in [0.1, 0.15) is 13.2 Å². The summed E-state index contributed by atoms with van der Waals surface area (Å²) in [6, 6.07) is 8.04. The van der Waals surface area contributed by atoms with E-state index in [4.69, 9.17) is 9.47 Å². The minimum absolute atomic E-state index is 0.0272. The number of Topliss-reactive ketones (excluding diaryl/α,β-unsaturated/α-hetero) is 2. The van der Waals surface area contributed by atoms with Crippen molar-refractivity contribution in [3.63, 3.8) is 0 Å². The monoisotopic (exact) mass is 334 g/mol. The molecule has 1 aromatic carbocycles. The minimum atomic E-state index is -0.994. The maximum atomic E-state index is 11.7. The van der Waals surface area contributed by atoms with E-state index in [0.717, 1.165) is 0 Å². The molecule has 0 aliphatic rings. The molecule has 0 spiro atoms. The Morgan fingerprint density at radius 2 is 1.42 bits per heavy atom. The number of ketones is 2. The molecule has 0 heterocycles. The molecule has 0 aromatic heterocycles. The zero-order chi connectivity index (χ0) is 17.9. The summed E-state index contributed by atoms with van der Waals surface area (Å²) in [5.74, 6) is -3.49. The normalized spacial score (nSPS) is 9.88. The van der Waals surface area contributed by atoms with Crippen LogP contribution in [0.5, 0.6) is 0 Å². The standard InChI is InChI=1S/C17H18O7/c1-12(2)14(18)16(20)23-10-8-22-9-11-24-17(21)15(19)13-6-4-3-5-7-13/h3-7H,1,8-11H2,2H3. The molecule has 0 atom stereocenters. The Morgan fingerprint density at radius 3 is 1.96 bits per heavy atom. The maximum Gasteiger partial charge on any atom is 0.379 e. The Labute approximate surface area is 139 Å². The zero-order valence-electron chi connectivity index (χ0n) is 13.3. The second kappa shape index (κ2) is 10.1. The van der Waals surface area contributed by atoms with E-state index in [-0.39, 0.29) is 37.6 Å². The van der Waals surface area contributed by atoms with E-state index in [0.29, 0.717) is 0 Å². The van der Waals surface area contributed by atoms with Gasteiger partial charge in [0, 0.05) is 5.56 Å². The van der Waals surface area contributed by atoms with E-state index in [9.17, 15) is 19.2 Å². The fraction of sp³-hybridized carbons (Fsp3) is 0.294. The van der Waals surface area contributed by atoms with Gasteiger partial charge in [-0.25, -0.2) is 9.59 Å². The fourth-order valence-corrected chi connectivity index (χ4v) is 1.50. The molecule has 0 aliphatic heterocycles. The molecule has 7 heteroatoms. The third kappa shape index (κ3) is 6.53. The molecule has 24 heavy (non-hydrogen) atoms. The third-order valence-corrected chi connectivity index (χ3v) is 2.72. The molecule has 7 nitrogen and oxygen atoms in total. The number of carbonyl (C=O) groups excluding carboxylic acids is 4. The van der Waals surface area contributed by atoms with Crippen LogP contribution in [0.1, 0.15) is 17.3 Å². The quantitative estimate of drug-likeness (QED) is 0.208. The van der Waals surface area contributed by atoms with Gasteiger partial charge in [-0.05, 0) is 12.5 Å². The molecule has 128 valence electrons. The predicted octanol–water partition coefficient (Wildman–Crippen LogP) is 1.12. The van der Waals surface area contributed by atoms with Crippen LogP contribution in [0.3, 0.4) is 0 Å². The first-order chi connectivity index (χ1) is 11.4. The van der Waals surface area contributed by atoms with E-state index in [1.54, 1.807) is 18.2 Å². The lowest BCUT2D eigenvalue weighted by Crippen LogP contribution is -2.22. The van der Waals surface area contributed by atoms with Crippen LogP contribution in [-0.2, 0) is 28.6 Å². The molecule has 0 unspecified atom stereocenters. The third-order valence-electron chi connectivity index (χ3n) is 2.72. The minimum Gasteiger partial charge on any atom is -0.457 e. The second-order valence-corrected chi connectivity index (χ2v) is 4.69. The average Bonchev–Trinajstić information content (AvgIpc) is 2.59. The number of hydrogen-bond acceptors (Lipinski definition) is 7. The molecule has 1 rings (SSSR count). The van der Waals surface area contributed by atoms with E-state index in [2.05, 4.69) is 11.3 Å². The van der Waals surface area contributed by atoms with Gasteiger partial charge in [0.25, 0.3) is 11.6 Å². The topological polar surface area (TPSA) is 96.0 Å². The Hall–Kier alpha value is -2.80. The van der Waals surface area contributed by atoms with Crippen LogP contribution in [0.15, 0.2) is 42.5 Å². The van der Waals surface area contributed by atoms with E-state index < -0.39 is 23.5 Å². The second-order valence-electron chi connectivity index (χ2n) is 4.69. The predicted molar refractivity (Wildman–Crippen MR) is 83.3 cm³/mol. The molecule has 0 saturated carbocycles. The van der Waals surface area contributed by atoms with Crippen molar-refractivity contribution in [3.05, 3.63) is 48.0 Å². The Kier molecular flexibility index (Phi) is 8.07. The highest BCUT2D eigenvalue weighted by Crippen LogP contribution is 2.01. The lowest BCUT2D eigenvalue weighted by molar-refractivity contribution is -0.153. The lowest BCUT2D eigenvalue weighted by atomic mass is 10.1. The Bertz CT molecular complexity index is 619. The smallest absolute Gasteiger partial charge is 0.379 e. The van der Waals surface area contributed by atoms with Gasteiger partial charge in [-0.1, -0.05) is 36.9 Å². The summed E-state index contributed by atoms with van der Waals surface area (Å²) in [7, 11) is 0. The van der Waals surface area contributed by atoms with Gasteiger partial charge in [0.05, 0.1) is 13.2 Å². The first-order valence-corrected chi connectivity index (χ1v) is 7.14. The van der Waals surface area contributed by atoms with Gasteiger partial charge in [-0.15, -0.1) is 0 Å². The Balaban J connectivity index is 2.13. The molecule has 0 fully saturated rings. The fourth-order valence-electron chi connectivity index (χ4n) is 1.50. The van der Waals surface area contributed by atoms with E-state index in [1.807, 2.05) is 0 Å². The molecule has 0 bridgehead atoms. The first kappa shape index (κ1) is 19.2. The zero-order valence-corrected chi connectivity index (χ0v) is 13.3. The molecular weight excluding hydrogens is 316 g/mol. The van der Waals surface area contributed by atoms with Crippen molar-refractivity contribution in [1.82, 2.24) is 0 Å². The summed E-state index contributed by atoms with van der Waals surface area (Å²) in [6.07, 6.45) is 0. The molecule has 0 amide bonds. The summed E-state index contributed by atoms with van der Waals surface area (Å²) < 4.78 is 14.5. The van der Waals surface area contributed by atoms with Crippen molar-refractivity contribution < 1.29 is 33.4 Å². The van der Waals surface area contributed by atoms with Gasteiger partial charge >= 0.3 is 11.9 Å². The molecule has 0 radical (unpaired) electrons. The largest absolute Gasteiger partial charge is 0.457 e. The van der Waals surface area contributed by atoms with Crippen molar-refractivity contribution in [2.45, 2.75) is 6.92 Å². The summed E-state index contributed by atoms with van der Waals surface area (Å²) in [4.78, 5) is 45.5. The summed E-state index contributed by atoms with van der Waals surface area (Å²) in [5.41, 5.74) is 0.341. The molecule has 0 aliphatic carbocycles. The highest BCUT2D eigenvalue weighted by atomic mass is 16.6. The van der Waals surface area contributed by atoms with Gasteiger partial charge in [-0.3, -0.25) is 9.59 Å². The lowest BCUT2D eigenvalue weighted by Gasteiger charge is -2.06. The SMILES string of the molecule is C=C(C)C(=O)C(=O)OCCOCCOC(=O)C(=O)c1ccccc1. The van der Waals surface area contributed by atoms with Crippen molar-refractivity contribution in [1.29, 1.82) is 0 Å². The van der Waals surface area contributed by atoms with Gasteiger partial charge in [0.2, 0.25) is 0 Å². The van der Waals surface area contributed by atoms with Crippen molar-refractivity contribution in [2.75, 3.05) is 26.4 Å². The number of carbonyl (C=O) groups is 4. The van der Waals surface area contributed by atoms with Crippen LogP contribution in [0.2, 0.25) is 0 Å².